The number of benzene rings is 1. The molecule has 19 heavy (non-hydrogen) atoms. The van der Waals surface area contributed by atoms with Crippen LogP contribution in [0.15, 0.2) is 34.1 Å². The average molecular weight is 363 g/mol. The molecule has 0 spiro atoms. The molecule has 0 bridgehead atoms. The van der Waals surface area contributed by atoms with E-state index in [9.17, 15) is 4.39 Å². The van der Waals surface area contributed by atoms with Crippen molar-refractivity contribution in [1.82, 2.24) is 5.32 Å². The molecule has 0 radical (unpaired) electrons. The van der Waals surface area contributed by atoms with Crippen molar-refractivity contribution in [3.63, 3.8) is 0 Å². The van der Waals surface area contributed by atoms with E-state index in [0.717, 1.165) is 10.9 Å². The Morgan fingerprint density at radius 1 is 1.42 bits per heavy atom. The monoisotopic (exact) mass is 361 g/mol. The molecule has 0 aliphatic heterocycles. The van der Waals surface area contributed by atoms with Gasteiger partial charge in [0, 0.05) is 31.4 Å². The third-order valence-electron chi connectivity index (χ3n) is 2.99. The predicted molar refractivity (Wildman–Crippen MR) is 83.7 cm³/mol. The van der Waals surface area contributed by atoms with Crippen molar-refractivity contribution < 1.29 is 4.39 Å². The van der Waals surface area contributed by atoms with E-state index in [1.165, 1.54) is 10.9 Å². The summed E-state index contributed by atoms with van der Waals surface area (Å²) < 4.78 is 14.9. The normalized spacial score (nSPS) is 12.6. The molecule has 2 rings (SSSR count). The highest BCUT2D eigenvalue weighted by Gasteiger charge is 2.15. The van der Waals surface area contributed by atoms with Gasteiger partial charge in [0.2, 0.25) is 0 Å². The van der Waals surface area contributed by atoms with E-state index in [2.05, 4.69) is 32.7 Å². The largest absolute Gasteiger partial charge is 0.316 e. The third-order valence-corrected chi connectivity index (χ3v) is 5.06. The van der Waals surface area contributed by atoms with Crippen LogP contribution in [0.2, 0.25) is 5.02 Å². The van der Waals surface area contributed by atoms with Crippen LogP contribution in [-0.4, -0.2) is 13.1 Å². The van der Waals surface area contributed by atoms with Crippen molar-refractivity contribution in [3.05, 3.63) is 55.4 Å². The van der Waals surface area contributed by atoms with E-state index in [4.69, 9.17) is 11.6 Å². The molecular weight excluding hydrogens is 349 g/mol. The second-order valence-corrected chi connectivity index (χ2v) is 6.64. The van der Waals surface area contributed by atoms with Crippen LogP contribution in [0.5, 0.6) is 0 Å². The van der Waals surface area contributed by atoms with E-state index in [-0.39, 0.29) is 11.9 Å². The first kappa shape index (κ1) is 15.0. The molecule has 1 atom stereocenters. The highest BCUT2D eigenvalue weighted by Crippen LogP contribution is 2.24. The smallest absolute Gasteiger partial charge is 0.127 e. The number of nitrogens with one attached hydrogen (secondary N) is 1. The maximum atomic E-state index is 13.8. The lowest BCUT2D eigenvalue weighted by atomic mass is 10.0. The molecular formula is C14H14BrClFNS. The van der Waals surface area contributed by atoms with Gasteiger partial charge < -0.3 is 5.32 Å². The number of halogens is 3. The van der Waals surface area contributed by atoms with Gasteiger partial charge in [0.1, 0.15) is 5.82 Å². The Morgan fingerprint density at radius 2 is 2.21 bits per heavy atom. The lowest BCUT2D eigenvalue weighted by Gasteiger charge is -2.16. The molecule has 1 heterocycles. The van der Waals surface area contributed by atoms with Crippen LogP contribution >= 0.6 is 38.9 Å². The Hall–Kier alpha value is -0.420. The van der Waals surface area contributed by atoms with Gasteiger partial charge in [0.15, 0.2) is 0 Å². The van der Waals surface area contributed by atoms with E-state index >= 15 is 0 Å². The van der Waals surface area contributed by atoms with Crippen molar-refractivity contribution in [1.29, 1.82) is 0 Å². The van der Waals surface area contributed by atoms with Gasteiger partial charge in [-0.15, -0.1) is 11.3 Å². The van der Waals surface area contributed by atoms with Crippen LogP contribution in [0.3, 0.4) is 0 Å². The summed E-state index contributed by atoms with van der Waals surface area (Å²) >= 11 is 11.2. The summed E-state index contributed by atoms with van der Waals surface area (Å²) in [6, 6.07) is 7.08. The van der Waals surface area contributed by atoms with Gasteiger partial charge in [0.25, 0.3) is 0 Å². The zero-order valence-corrected chi connectivity index (χ0v) is 13.6. The topological polar surface area (TPSA) is 12.0 Å². The molecule has 0 aliphatic carbocycles. The summed E-state index contributed by atoms with van der Waals surface area (Å²) in [5.41, 5.74) is 0.583. The molecule has 1 N–H and O–H groups in total. The number of likely N-dealkylation sites (N-methyl/N-ethyl adjacent to an activating group) is 1. The summed E-state index contributed by atoms with van der Waals surface area (Å²) in [7, 11) is 1.89. The van der Waals surface area contributed by atoms with Gasteiger partial charge >= 0.3 is 0 Å². The van der Waals surface area contributed by atoms with Crippen LogP contribution < -0.4 is 5.32 Å². The van der Waals surface area contributed by atoms with Gasteiger partial charge in [-0.05, 0) is 54.0 Å². The van der Waals surface area contributed by atoms with E-state index < -0.39 is 0 Å². The summed E-state index contributed by atoms with van der Waals surface area (Å²) in [4.78, 5) is 1.26. The van der Waals surface area contributed by atoms with Crippen molar-refractivity contribution >= 4 is 38.9 Å². The molecule has 1 aromatic heterocycles. The van der Waals surface area contributed by atoms with Crippen molar-refractivity contribution in [2.75, 3.05) is 7.05 Å². The minimum Gasteiger partial charge on any atom is -0.316 e. The first-order valence-electron chi connectivity index (χ1n) is 5.93. The van der Waals surface area contributed by atoms with E-state index in [1.54, 1.807) is 23.5 Å². The number of thiophene rings is 1. The molecule has 5 heteroatoms. The lowest BCUT2D eigenvalue weighted by molar-refractivity contribution is 0.535. The van der Waals surface area contributed by atoms with Gasteiger partial charge in [-0.3, -0.25) is 0 Å². The third kappa shape index (κ3) is 4.02. The fourth-order valence-corrected chi connectivity index (χ4v) is 3.73. The fraction of sp³-hybridized carbons (Fsp3) is 0.286. The van der Waals surface area contributed by atoms with Gasteiger partial charge in [-0.25, -0.2) is 4.39 Å². The van der Waals surface area contributed by atoms with Crippen LogP contribution in [0.1, 0.15) is 10.4 Å². The first-order chi connectivity index (χ1) is 9.10. The maximum absolute atomic E-state index is 13.8. The quantitative estimate of drug-likeness (QED) is 0.814. The number of hydrogen-bond acceptors (Lipinski definition) is 2. The van der Waals surface area contributed by atoms with Gasteiger partial charge in [-0.2, -0.15) is 0 Å². The second-order valence-electron chi connectivity index (χ2n) is 4.33. The highest BCUT2D eigenvalue weighted by atomic mass is 79.9. The summed E-state index contributed by atoms with van der Waals surface area (Å²) in [6.07, 6.45) is 1.44. The van der Waals surface area contributed by atoms with Crippen molar-refractivity contribution in [2.45, 2.75) is 18.9 Å². The lowest BCUT2D eigenvalue weighted by Crippen LogP contribution is -2.30. The van der Waals surface area contributed by atoms with Gasteiger partial charge in [0.05, 0.1) is 0 Å². The highest BCUT2D eigenvalue weighted by molar-refractivity contribution is 9.10. The Balaban J connectivity index is 2.11. The van der Waals surface area contributed by atoms with Crippen LogP contribution in [0.4, 0.5) is 4.39 Å². The van der Waals surface area contributed by atoms with Crippen LogP contribution in [0.25, 0.3) is 0 Å². The molecule has 0 aliphatic rings. The molecule has 1 nitrogen and oxygen atoms in total. The number of hydrogen-bond donors (Lipinski definition) is 1. The minimum atomic E-state index is -0.236. The van der Waals surface area contributed by atoms with Crippen LogP contribution in [0, 0.1) is 5.82 Å². The van der Waals surface area contributed by atoms with Crippen LogP contribution in [-0.2, 0) is 12.8 Å². The molecule has 0 saturated carbocycles. The molecule has 2 aromatic rings. The number of rotatable bonds is 5. The molecule has 0 fully saturated rings. The first-order valence-corrected chi connectivity index (χ1v) is 7.98. The minimum absolute atomic E-state index is 0.167. The second kappa shape index (κ2) is 6.84. The molecule has 1 unspecified atom stereocenters. The molecule has 0 saturated heterocycles. The Kier molecular flexibility index (Phi) is 5.39. The summed E-state index contributed by atoms with van der Waals surface area (Å²) in [5, 5.41) is 5.78. The Labute approximate surface area is 129 Å². The SMILES string of the molecule is CNC(Cc1cc(Br)cs1)Cc1c(F)cccc1Cl. The Morgan fingerprint density at radius 3 is 2.79 bits per heavy atom. The van der Waals surface area contributed by atoms with E-state index in [1.807, 2.05) is 7.05 Å². The summed E-state index contributed by atoms with van der Waals surface area (Å²) in [6.45, 7) is 0. The van der Waals surface area contributed by atoms with Gasteiger partial charge in [-0.1, -0.05) is 17.7 Å². The van der Waals surface area contributed by atoms with E-state index in [0.29, 0.717) is 17.0 Å². The summed E-state index contributed by atoms with van der Waals surface area (Å²) in [5.74, 6) is -0.236. The maximum Gasteiger partial charge on any atom is 0.127 e. The fourth-order valence-electron chi connectivity index (χ4n) is 1.95. The standard InChI is InChI=1S/C14H14BrClFNS/c1-18-10(6-11-5-9(15)8-19-11)7-12-13(16)3-2-4-14(12)17/h2-5,8,10,18H,6-7H2,1H3. The predicted octanol–water partition coefficient (Wildman–Crippen LogP) is 4.68. The zero-order valence-electron chi connectivity index (χ0n) is 10.4. The zero-order chi connectivity index (χ0) is 13.8. The average Bonchev–Trinajstić information content (AvgIpc) is 2.78. The molecule has 1 aromatic carbocycles. The molecule has 102 valence electrons. The van der Waals surface area contributed by atoms with Crippen molar-refractivity contribution in [3.8, 4) is 0 Å². The van der Waals surface area contributed by atoms with Crippen molar-refractivity contribution in [2.24, 2.45) is 0 Å². The molecule has 0 amide bonds. The Bertz CT molecular complexity index is 538.